The Balaban J connectivity index is 1.24. The Hall–Kier alpha value is -3.69. The van der Waals surface area contributed by atoms with Gasteiger partial charge < -0.3 is 14.8 Å². The molecule has 3 aromatic rings. The predicted octanol–water partition coefficient (Wildman–Crippen LogP) is 3.85. The zero-order chi connectivity index (χ0) is 24.7. The Morgan fingerprint density at radius 2 is 1.51 bits per heavy atom. The minimum Gasteiger partial charge on any atom is -0.489 e. The number of hydrogen-bond acceptors (Lipinski definition) is 6. The maximum Gasteiger partial charge on any atom is 0.338 e. The van der Waals surface area contributed by atoms with Crippen molar-refractivity contribution in [3.63, 3.8) is 0 Å². The summed E-state index contributed by atoms with van der Waals surface area (Å²) in [6.45, 7) is 0.986. The second kappa shape index (κ2) is 11.2. The lowest BCUT2D eigenvalue weighted by Crippen LogP contribution is -2.27. The molecule has 0 unspecified atom stereocenters. The number of carbonyl (C=O) groups excluding carboxylic acids is 2. The highest BCUT2D eigenvalue weighted by Gasteiger charge is 2.27. The van der Waals surface area contributed by atoms with Gasteiger partial charge in [0.25, 0.3) is 5.91 Å². The molecule has 182 valence electrons. The van der Waals surface area contributed by atoms with Crippen molar-refractivity contribution in [2.24, 2.45) is 0 Å². The number of nitrogens with one attached hydrogen (secondary N) is 1. The van der Waals surface area contributed by atoms with Gasteiger partial charge in [-0.05, 0) is 66.9 Å². The van der Waals surface area contributed by atoms with Crippen LogP contribution in [0.15, 0.2) is 83.8 Å². The average molecular weight is 495 g/mol. The Morgan fingerprint density at radius 1 is 0.857 bits per heavy atom. The van der Waals surface area contributed by atoms with Crippen LogP contribution in [-0.4, -0.2) is 44.3 Å². The maximum atomic E-state index is 12.6. The fraction of sp³-hybridized carbons (Fsp3) is 0.231. The van der Waals surface area contributed by atoms with E-state index in [4.69, 9.17) is 9.47 Å². The molecule has 0 aliphatic carbocycles. The van der Waals surface area contributed by atoms with Crippen molar-refractivity contribution in [2.45, 2.75) is 24.3 Å². The summed E-state index contributed by atoms with van der Waals surface area (Å²) < 4.78 is 37.4. The molecule has 0 bridgehead atoms. The van der Waals surface area contributed by atoms with Crippen LogP contribution in [-0.2, 0) is 26.2 Å². The molecule has 0 spiro atoms. The van der Waals surface area contributed by atoms with Gasteiger partial charge in [-0.25, -0.2) is 13.2 Å². The molecule has 1 N–H and O–H groups in total. The normalized spacial score (nSPS) is 13.8. The van der Waals surface area contributed by atoms with E-state index in [1.54, 1.807) is 24.3 Å². The first-order valence-electron chi connectivity index (χ1n) is 11.3. The molecule has 0 aromatic heterocycles. The van der Waals surface area contributed by atoms with Crippen LogP contribution in [0.1, 0.15) is 28.8 Å². The van der Waals surface area contributed by atoms with Gasteiger partial charge in [0.1, 0.15) is 12.4 Å². The van der Waals surface area contributed by atoms with Crippen LogP contribution >= 0.6 is 0 Å². The molecule has 8 nitrogen and oxygen atoms in total. The topological polar surface area (TPSA) is 102 Å². The van der Waals surface area contributed by atoms with Gasteiger partial charge in [0.15, 0.2) is 6.61 Å². The van der Waals surface area contributed by atoms with Crippen LogP contribution in [0.4, 0.5) is 5.69 Å². The highest BCUT2D eigenvalue weighted by molar-refractivity contribution is 7.89. The van der Waals surface area contributed by atoms with Crippen LogP contribution in [0.3, 0.4) is 0 Å². The Kier molecular flexibility index (Phi) is 7.79. The van der Waals surface area contributed by atoms with Gasteiger partial charge in [-0.15, -0.1) is 0 Å². The van der Waals surface area contributed by atoms with E-state index < -0.39 is 28.5 Å². The molecule has 35 heavy (non-hydrogen) atoms. The highest BCUT2D eigenvalue weighted by Crippen LogP contribution is 2.22. The van der Waals surface area contributed by atoms with Gasteiger partial charge >= 0.3 is 5.97 Å². The third-order valence-corrected chi connectivity index (χ3v) is 7.43. The first kappa shape index (κ1) is 24.4. The lowest BCUT2D eigenvalue weighted by molar-refractivity contribution is -0.119. The van der Waals surface area contributed by atoms with Crippen molar-refractivity contribution in [3.05, 3.63) is 90.0 Å². The number of ether oxygens (including phenoxy) is 2. The summed E-state index contributed by atoms with van der Waals surface area (Å²) in [5.74, 6) is -0.559. The quantitative estimate of drug-likeness (QED) is 0.454. The summed E-state index contributed by atoms with van der Waals surface area (Å²) >= 11 is 0. The molecular weight excluding hydrogens is 468 g/mol. The van der Waals surface area contributed by atoms with Crippen molar-refractivity contribution in [1.29, 1.82) is 0 Å². The summed E-state index contributed by atoms with van der Waals surface area (Å²) in [4.78, 5) is 24.6. The van der Waals surface area contributed by atoms with Crippen LogP contribution < -0.4 is 10.1 Å². The van der Waals surface area contributed by atoms with Crippen LogP contribution in [0.5, 0.6) is 5.75 Å². The second-order valence-electron chi connectivity index (χ2n) is 8.06. The van der Waals surface area contributed by atoms with Gasteiger partial charge in [-0.2, -0.15) is 4.31 Å². The zero-order valence-electron chi connectivity index (χ0n) is 19.1. The number of benzene rings is 3. The van der Waals surface area contributed by atoms with Crippen LogP contribution in [0.2, 0.25) is 0 Å². The summed E-state index contributed by atoms with van der Waals surface area (Å²) in [6.07, 6.45) is 1.72. The predicted molar refractivity (Wildman–Crippen MR) is 131 cm³/mol. The number of nitrogens with zero attached hydrogens (tertiary/aromatic N) is 1. The van der Waals surface area contributed by atoms with Crippen molar-refractivity contribution in [1.82, 2.24) is 4.31 Å². The molecule has 3 aromatic carbocycles. The molecule has 0 saturated carbocycles. The minimum atomic E-state index is -3.51. The molecular formula is C26H26N2O6S. The maximum absolute atomic E-state index is 12.6. The fourth-order valence-electron chi connectivity index (χ4n) is 3.63. The first-order valence-corrected chi connectivity index (χ1v) is 12.7. The third kappa shape index (κ3) is 6.46. The van der Waals surface area contributed by atoms with E-state index in [0.717, 1.165) is 18.4 Å². The molecule has 1 aliphatic rings. The molecule has 0 radical (unpaired) electrons. The van der Waals surface area contributed by atoms with Crippen LogP contribution in [0.25, 0.3) is 0 Å². The van der Waals surface area contributed by atoms with Crippen molar-refractivity contribution in [3.8, 4) is 5.75 Å². The number of hydrogen-bond donors (Lipinski definition) is 1. The smallest absolute Gasteiger partial charge is 0.338 e. The van der Waals surface area contributed by atoms with Crippen molar-refractivity contribution < 1.29 is 27.5 Å². The summed E-state index contributed by atoms with van der Waals surface area (Å²) in [6, 6.07) is 22.1. The minimum absolute atomic E-state index is 0.181. The van der Waals surface area contributed by atoms with E-state index in [1.165, 1.54) is 28.6 Å². The first-order chi connectivity index (χ1) is 16.9. The number of anilines is 1. The molecule has 1 heterocycles. The van der Waals surface area contributed by atoms with E-state index in [1.807, 2.05) is 30.3 Å². The second-order valence-corrected chi connectivity index (χ2v) is 10.00. The van der Waals surface area contributed by atoms with Gasteiger partial charge in [0.05, 0.1) is 10.5 Å². The van der Waals surface area contributed by atoms with E-state index in [9.17, 15) is 18.0 Å². The van der Waals surface area contributed by atoms with Crippen LogP contribution in [0, 0.1) is 0 Å². The zero-order valence-corrected chi connectivity index (χ0v) is 19.9. The molecule has 1 fully saturated rings. The number of sulfonamides is 1. The Bertz CT molecular complexity index is 1250. The number of rotatable bonds is 9. The molecule has 9 heteroatoms. The molecule has 4 rings (SSSR count). The highest BCUT2D eigenvalue weighted by atomic mass is 32.2. The fourth-order valence-corrected chi connectivity index (χ4v) is 5.14. The van der Waals surface area contributed by atoms with Gasteiger partial charge in [-0.1, -0.05) is 30.3 Å². The Labute approximate surface area is 204 Å². The van der Waals surface area contributed by atoms with Crippen molar-refractivity contribution in [2.75, 3.05) is 25.0 Å². The van der Waals surface area contributed by atoms with E-state index in [-0.39, 0.29) is 4.90 Å². The van der Waals surface area contributed by atoms with E-state index in [0.29, 0.717) is 36.7 Å². The molecule has 1 saturated heterocycles. The Morgan fingerprint density at radius 3 is 2.17 bits per heavy atom. The SMILES string of the molecule is O=C(COC(=O)c1ccc(OCc2ccccc2)cc1)Nc1ccc(S(=O)(=O)N2CCCC2)cc1. The monoisotopic (exact) mass is 494 g/mol. The average Bonchev–Trinajstić information content (AvgIpc) is 3.44. The number of esters is 1. The lowest BCUT2D eigenvalue weighted by Gasteiger charge is -2.15. The summed E-state index contributed by atoms with van der Waals surface area (Å²) in [7, 11) is -3.51. The van der Waals surface area contributed by atoms with Gasteiger partial charge in [0.2, 0.25) is 10.0 Å². The lowest BCUT2D eigenvalue weighted by atomic mass is 10.2. The number of amides is 1. The molecule has 1 aliphatic heterocycles. The van der Waals surface area contributed by atoms with Gasteiger partial charge in [-0.3, -0.25) is 4.79 Å². The van der Waals surface area contributed by atoms with Crippen molar-refractivity contribution >= 4 is 27.6 Å². The molecule has 1 amide bonds. The standard InChI is InChI=1S/C26H26N2O6S/c29-25(27-22-10-14-24(15-11-22)35(31,32)28-16-4-5-17-28)19-34-26(30)21-8-12-23(13-9-21)33-18-20-6-2-1-3-7-20/h1-3,6-15H,4-5,16-19H2,(H,27,29). The number of carbonyl (C=O) groups is 2. The third-order valence-electron chi connectivity index (χ3n) is 5.51. The largest absolute Gasteiger partial charge is 0.489 e. The van der Waals surface area contributed by atoms with E-state index in [2.05, 4.69) is 5.32 Å². The molecule has 0 atom stereocenters. The van der Waals surface area contributed by atoms with Gasteiger partial charge in [0, 0.05) is 18.8 Å². The van der Waals surface area contributed by atoms with E-state index >= 15 is 0 Å². The summed E-state index contributed by atoms with van der Waals surface area (Å²) in [5, 5.41) is 2.59. The summed E-state index contributed by atoms with van der Waals surface area (Å²) in [5.41, 5.74) is 1.73.